The summed E-state index contributed by atoms with van der Waals surface area (Å²) in [4.78, 5) is 0. The van der Waals surface area contributed by atoms with Crippen LogP contribution in [0.5, 0.6) is 5.75 Å². The van der Waals surface area contributed by atoms with E-state index in [4.69, 9.17) is 4.74 Å². The Labute approximate surface area is 116 Å². The SMILES string of the molecule is COc1ccc(C(C)(C)C)cc1NCCNC1CC1. The molecule has 0 saturated heterocycles. The summed E-state index contributed by atoms with van der Waals surface area (Å²) in [6.07, 6.45) is 2.67. The van der Waals surface area contributed by atoms with Gasteiger partial charge in [-0.2, -0.15) is 0 Å². The van der Waals surface area contributed by atoms with Crippen molar-refractivity contribution in [3.63, 3.8) is 0 Å². The Balaban J connectivity index is 1.98. The summed E-state index contributed by atoms with van der Waals surface area (Å²) in [6, 6.07) is 7.17. The van der Waals surface area contributed by atoms with Gasteiger partial charge < -0.3 is 15.4 Å². The van der Waals surface area contributed by atoms with E-state index in [-0.39, 0.29) is 5.41 Å². The Bertz CT molecular complexity index is 419. The van der Waals surface area contributed by atoms with Crippen molar-refractivity contribution in [3.05, 3.63) is 23.8 Å². The smallest absolute Gasteiger partial charge is 0.141 e. The molecule has 2 N–H and O–H groups in total. The summed E-state index contributed by atoms with van der Waals surface area (Å²) in [6.45, 7) is 8.63. The van der Waals surface area contributed by atoms with Crippen LogP contribution in [0.2, 0.25) is 0 Å². The van der Waals surface area contributed by atoms with Gasteiger partial charge in [-0.15, -0.1) is 0 Å². The average molecular weight is 262 g/mol. The molecule has 1 aromatic rings. The normalized spacial score (nSPS) is 15.4. The van der Waals surface area contributed by atoms with E-state index in [1.165, 1.54) is 18.4 Å². The first-order valence-corrected chi connectivity index (χ1v) is 7.16. The number of anilines is 1. The summed E-state index contributed by atoms with van der Waals surface area (Å²) < 4.78 is 5.42. The van der Waals surface area contributed by atoms with Crippen molar-refractivity contribution in [1.82, 2.24) is 5.32 Å². The molecule has 1 fully saturated rings. The molecule has 1 saturated carbocycles. The van der Waals surface area contributed by atoms with Crippen LogP contribution in [0, 0.1) is 0 Å². The first-order chi connectivity index (χ1) is 9.00. The van der Waals surface area contributed by atoms with E-state index in [1.54, 1.807) is 7.11 Å². The van der Waals surface area contributed by atoms with E-state index in [9.17, 15) is 0 Å². The lowest BCUT2D eigenvalue weighted by molar-refractivity contribution is 0.416. The van der Waals surface area contributed by atoms with Gasteiger partial charge in [0.15, 0.2) is 0 Å². The van der Waals surface area contributed by atoms with Gasteiger partial charge in [0.05, 0.1) is 12.8 Å². The Hall–Kier alpha value is -1.22. The van der Waals surface area contributed by atoms with Crippen LogP contribution in [0.25, 0.3) is 0 Å². The average Bonchev–Trinajstić information content (AvgIpc) is 3.17. The molecule has 3 nitrogen and oxygen atoms in total. The van der Waals surface area contributed by atoms with Gasteiger partial charge in [0.25, 0.3) is 0 Å². The van der Waals surface area contributed by atoms with Crippen LogP contribution < -0.4 is 15.4 Å². The van der Waals surface area contributed by atoms with Crippen molar-refractivity contribution in [2.45, 2.75) is 45.1 Å². The van der Waals surface area contributed by atoms with Crippen LogP contribution >= 0.6 is 0 Å². The highest BCUT2D eigenvalue weighted by Crippen LogP contribution is 2.31. The van der Waals surface area contributed by atoms with Gasteiger partial charge in [-0.05, 0) is 36.0 Å². The molecule has 0 atom stereocenters. The predicted octanol–water partition coefficient (Wildman–Crippen LogP) is 3.16. The van der Waals surface area contributed by atoms with Crippen LogP contribution in [0.1, 0.15) is 39.2 Å². The zero-order valence-electron chi connectivity index (χ0n) is 12.5. The Morgan fingerprint density at radius 1 is 1.21 bits per heavy atom. The molecule has 1 aliphatic carbocycles. The maximum absolute atomic E-state index is 5.42. The number of hydrogen-bond donors (Lipinski definition) is 2. The third-order valence-electron chi connectivity index (χ3n) is 3.52. The van der Waals surface area contributed by atoms with Crippen molar-refractivity contribution in [2.75, 3.05) is 25.5 Å². The summed E-state index contributed by atoms with van der Waals surface area (Å²) in [5.74, 6) is 0.916. The summed E-state index contributed by atoms with van der Waals surface area (Å²) in [5.41, 5.74) is 2.58. The van der Waals surface area contributed by atoms with E-state index in [2.05, 4.69) is 49.6 Å². The van der Waals surface area contributed by atoms with E-state index in [0.717, 1.165) is 30.6 Å². The van der Waals surface area contributed by atoms with Crippen molar-refractivity contribution >= 4 is 5.69 Å². The van der Waals surface area contributed by atoms with E-state index in [0.29, 0.717) is 0 Å². The molecule has 0 bridgehead atoms. The van der Waals surface area contributed by atoms with Crippen molar-refractivity contribution in [1.29, 1.82) is 0 Å². The van der Waals surface area contributed by atoms with Gasteiger partial charge in [0, 0.05) is 19.1 Å². The van der Waals surface area contributed by atoms with Crippen molar-refractivity contribution in [2.24, 2.45) is 0 Å². The Morgan fingerprint density at radius 2 is 1.95 bits per heavy atom. The molecule has 0 radical (unpaired) electrons. The number of methoxy groups -OCH3 is 1. The van der Waals surface area contributed by atoms with Crippen LogP contribution in [-0.2, 0) is 5.41 Å². The molecule has 0 heterocycles. The maximum atomic E-state index is 5.42. The fourth-order valence-corrected chi connectivity index (χ4v) is 2.07. The molecular weight excluding hydrogens is 236 g/mol. The lowest BCUT2D eigenvalue weighted by Crippen LogP contribution is -2.24. The highest BCUT2D eigenvalue weighted by Gasteiger charge is 2.19. The molecule has 19 heavy (non-hydrogen) atoms. The van der Waals surface area contributed by atoms with Gasteiger partial charge in [-0.1, -0.05) is 26.8 Å². The summed E-state index contributed by atoms with van der Waals surface area (Å²) in [5, 5.41) is 6.98. The molecule has 0 unspecified atom stereocenters. The van der Waals surface area contributed by atoms with E-state index < -0.39 is 0 Å². The van der Waals surface area contributed by atoms with Crippen LogP contribution in [-0.4, -0.2) is 26.2 Å². The quantitative estimate of drug-likeness (QED) is 0.773. The van der Waals surface area contributed by atoms with E-state index >= 15 is 0 Å². The Morgan fingerprint density at radius 3 is 2.53 bits per heavy atom. The minimum atomic E-state index is 0.162. The molecule has 0 amide bonds. The second-order valence-corrected chi connectivity index (χ2v) is 6.32. The maximum Gasteiger partial charge on any atom is 0.141 e. The number of benzene rings is 1. The molecule has 0 spiro atoms. The van der Waals surface area contributed by atoms with Gasteiger partial charge >= 0.3 is 0 Å². The minimum absolute atomic E-state index is 0.162. The number of ether oxygens (including phenoxy) is 1. The highest BCUT2D eigenvalue weighted by molar-refractivity contribution is 5.59. The number of hydrogen-bond acceptors (Lipinski definition) is 3. The van der Waals surface area contributed by atoms with Crippen molar-refractivity contribution in [3.8, 4) is 5.75 Å². The van der Waals surface area contributed by atoms with Gasteiger partial charge in [-0.25, -0.2) is 0 Å². The highest BCUT2D eigenvalue weighted by atomic mass is 16.5. The first kappa shape index (κ1) is 14.2. The lowest BCUT2D eigenvalue weighted by atomic mass is 9.87. The third kappa shape index (κ3) is 4.13. The summed E-state index contributed by atoms with van der Waals surface area (Å²) >= 11 is 0. The van der Waals surface area contributed by atoms with Crippen molar-refractivity contribution < 1.29 is 4.74 Å². The molecule has 0 aromatic heterocycles. The second kappa shape index (κ2) is 5.83. The Kier molecular flexibility index (Phi) is 4.35. The van der Waals surface area contributed by atoms with Crippen LogP contribution in [0.15, 0.2) is 18.2 Å². The zero-order chi connectivity index (χ0) is 13.9. The first-order valence-electron chi connectivity index (χ1n) is 7.16. The standard InChI is InChI=1S/C16H26N2O/c1-16(2,3)12-5-8-15(19-4)14(11-12)18-10-9-17-13-6-7-13/h5,8,11,13,17-18H,6-7,9-10H2,1-4H3. The molecule has 0 aliphatic heterocycles. The van der Waals surface area contributed by atoms with Gasteiger partial charge in [-0.3, -0.25) is 0 Å². The molecule has 106 valence electrons. The summed E-state index contributed by atoms with van der Waals surface area (Å²) in [7, 11) is 1.72. The molecule has 3 heteroatoms. The van der Waals surface area contributed by atoms with Gasteiger partial charge in [0.1, 0.15) is 5.75 Å². The molecular formula is C16H26N2O. The fourth-order valence-electron chi connectivity index (χ4n) is 2.07. The second-order valence-electron chi connectivity index (χ2n) is 6.32. The topological polar surface area (TPSA) is 33.3 Å². The number of rotatable bonds is 6. The van der Waals surface area contributed by atoms with Crippen LogP contribution in [0.3, 0.4) is 0 Å². The fraction of sp³-hybridized carbons (Fsp3) is 0.625. The minimum Gasteiger partial charge on any atom is -0.495 e. The van der Waals surface area contributed by atoms with Crippen LogP contribution in [0.4, 0.5) is 5.69 Å². The molecule has 2 rings (SSSR count). The molecule has 1 aromatic carbocycles. The lowest BCUT2D eigenvalue weighted by Gasteiger charge is -2.21. The molecule has 1 aliphatic rings. The van der Waals surface area contributed by atoms with E-state index in [1.807, 2.05) is 0 Å². The van der Waals surface area contributed by atoms with Gasteiger partial charge in [0.2, 0.25) is 0 Å². The third-order valence-corrected chi connectivity index (χ3v) is 3.52. The monoisotopic (exact) mass is 262 g/mol. The zero-order valence-corrected chi connectivity index (χ0v) is 12.5. The predicted molar refractivity (Wildman–Crippen MR) is 81.2 cm³/mol. The largest absolute Gasteiger partial charge is 0.495 e. The number of nitrogens with one attached hydrogen (secondary N) is 2.